The Morgan fingerprint density at radius 3 is 2.41 bits per heavy atom. The van der Waals surface area contributed by atoms with Gasteiger partial charge in [0.15, 0.2) is 5.78 Å². The summed E-state index contributed by atoms with van der Waals surface area (Å²) < 4.78 is 4.64. The SMILES string of the molecule is CCC/C=C/C(=O)CCC(=O)CC(=O)OCC. The molecular formula is C13H20O4. The van der Waals surface area contributed by atoms with Crippen LogP contribution < -0.4 is 0 Å². The summed E-state index contributed by atoms with van der Waals surface area (Å²) in [5.74, 6) is -0.845. The van der Waals surface area contributed by atoms with Gasteiger partial charge in [-0.1, -0.05) is 19.4 Å². The maximum absolute atomic E-state index is 11.3. The van der Waals surface area contributed by atoms with Gasteiger partial charge in [0.25, 0.3) is 0 Å². The summed E-state index contributed by atoms with van der Waals surface area (Å²) in [6, 6.07) is 0. The number of ketones is 2. The molecule has 0 aromatic heterocycles. The Morgan fingerprint density at radius 1 is 1.12 bits per heavy atom. The van der Waals surface area contributed by atoms with Crippen molar-refractivity contribution in [1.29, 1.82) is 0 Å². The molecule has 17 heavy (non-hydrogen) atoms. The lowest BCUT2D eigenvalue weighted by Gasteiger charge is -2.00. The average Bonchev–Trinajstić information content (AvgIpc) is 2.27. The predicted octanol–water partition coefficient (Wildman–Crippen LogP) is 2.21. The molecule has 4 nitrogen and oxygen atoms in total. The van der Waals surface area contributed by atoms with Crippen molar-refractivity contribution in [3.05, 3.63) is 12.2 Å². The fourth-order valence-corrected chi connectivity index (χ4v) is 1.19. The highest BCUT2D eigenvalue weighted by Crippen LogP contribution is 2.00. The molecule has 0 aliphatic heterocycles. The molecule has 4 heteroatoms. The van der Waals surface area contributed by atoms with Gasteiger partial charge >= 0.3 is 5.97 Å². The smallest absolute Gasteiger partial charge is 0.313 e. The molecule has 0 heterocycles. The van der Waals surface area contributed by atoms with E-state index in [-0.39, 0.29) is 37.4 Å². The fraction of sp³-hybridized carbons (Fsp3) is 0.615. The molecule has 0 N–H and O–H groups in total. The van der Waals surface area contributed by atoms with Crippen LogP contribution >= 0.6 is 0 Å². The van der Waals surface area contributed by atoms with Crippen LogP contribution in [0, 0.1) is 0 Å². The number of Topliss-reactive ketones (excluding diaryl/α,β-unsaturated/α-hetero) is 1. The van der Waals surface area contributed by atoms with Crippen LogP contribution in [0.15, 0.2) is 12.2 Å². The van der Waals surface area contributed by atoms with Crippen molar-refractivity contribution < 1.29 is 19.1 Å². The van der Waals surface area contributed by atoms with Gasteiger partial charge in [0.1, 0.15) is 12.2 Å². The molecular weight excluding hydrogens is 220 g/mol. The summed E-state index contributed by atoms with van der Waals surface area (Å²) in [4.78, 5) is 33.5. The zero-order chi connectivity index (χ0) is 13.1. The molecule has 0 aromatic carbocycles. The maximum Gasteiger partial charge on any atom is 0.313 e. The molecule has 0 aliphatic rings. The molecule has 96 valence electrons. The van der Waals surface area contributed by atoms with Crippen molar-refractivity contribution >= 4 is 17.5 Å². The molecule has 0 rings (SSSR count). The monoisotopic (exact) mass is 240 g/mol. The van der Waals surface area contributed by atoms with Gasteiger partial charge in [-0.25, -0.2) is 0 Å². The summed E-state index contributed by atoms with van der Waals surface area (Å²) >= 11 is 0. The van der Waals surface area contributed by atoms with E-state index in [1.165, 1.54) is 6.08 Å². The second-order valence-corrected chi connectivity index (χ2v) is 3.68. The molecule has 0 aromatic rings. The first-order valence-corrected chi connectivity index (χ1v) is 5.96. The van der Waals surface area contributed by atoms with Crippen molar-refractivity contribution in [2.45, 2.75) is 46.0 Å². The minimum absolute atomic E-state index is 0.0735. The summed E-state index contributed by atoms with van der Waals surface area (Å²) in [7, 11) is 0. The van der Waals surface area contributed by atoms with Crippen LogP contribution in [0.3, 0.4) is 0 Å². The molecule has 0 amide bonds. The quantitative estimate of drug-likeness (QED) is 0.352. The lowest BCUT2D eigenvalue weighted by molar-refractivity contribution is -0.145. The third-order valence-electron chi connectivity index (χ3n) is 2.06. The van der Waals surface area contributed by atoms with E-state index in [1.54, 1.807) is 13.0 Å². The van der Waals surface area contributed by atoms with Crippen LogP contribution in [0.25, 0.3) is 0 Å². The Hall–Kier alpha value is -1.45. The van der Waals surface area contributed by atoms with Gasteiger partial charge in [-0.2, -0.15) is 0 Å². The molecule has 0 saturated heterocycles. The van der Waals surface area contributed by atoms with Gasteiger partial charge in [-0.15, -0.1) is 0 Å². The van der Waals surface area contributed by atoms with Gasteiger partial charge in [-0.05, 0) is 19.4 Å². The van der Waals surface area contributed by atoms with Gasteiger partial charge in [0.2, 0.25) is 0 Å². The molecule has 0 spiro atoms. The predicted molar refractivity (Wildman–Crippen MR) is 64.5 cm³/mol. The average molecular weight is 240 g/mol. The molecule has 0 saturated carbocycles. The third-order valence-corrected chi connectivity index (χ3v) is 2.06. The number of allylic oxidation sites excluding steroid dienone is 2. The van der Waals surface area contributed by atoms with Crippen LogP contribution in [-0.4, -0.2) is 24.1 Å². The van der Waals surface area contributed by atoms with E-state index in [2.05, 4.69) is 4.74 Å². The van der Waals surface area contributed by atoms with E-state index >= 15 is 0 Å². The van der Waals surface area contributed by atoms with E-state index in [0.717, 1.165) is 12.8 Å². The van der Waals surface area contributed by atoms with Crippen molar-refractivity contribution in [3.8, 4) is 0 Å². The number of carbonyl (C=O) groups is 3. The van der Waals surface area contributed by atoms with E-state index in [9.17, 15) is 14.4 Å². The highest BCUT2D eigenvalue weighted by atomic mass is 16.5. The fourth-order valence-electron chi connectivity index (χ4n) is 1.19. The minimum atomic E-state index is -0.522. The Bertz CT molecular complexity index is 292. The van der Waals surface area contributed by atoms with Crippen LogP contribution in [0.5, 0.6) is 0 Å². The number of esters is 1. The number of ether oxygens (including phenoxy) is 1. The molecule has 0 radical (unpaired) electrons. The Morgan fingerprint density at radius 2 is 1.82 bits per heavy atom. The third kappa shape index (κ3) is 9.48. The van der Waals surface area contributed by atoms with Crippen molar-refractivity contribution in [2.75, 3.05) is 6.61 Å². The van der Waals surface area contributed by atoms with E-state index in [0.29, 0.717) is 0 Å². The van der Waals surface area contributed by atoms with Gasteiger partial charge < -0.3 is 4.74 Å². The highest BCUT2D eigenvalue weighted by molar-refractivity contribution is 5.98. The molecule has 0 aliphatic carbocycles. The number of hydrogen-bond donors (Lipinski definition) is 0. The van der Waals surface area contributed by atoms with E-state index in [1.807, 2.05) is 6.92 Å². The van der Waals surface area contributed by atoms with Gasteiger partial charge in [0.05, 0.1) is 6.61 Å². The van der Waals surface area contributed by atoms with E-state index in [4.69, 9.17) is 0 Å². The van der Waals surface area contributed by atoms with Crippen LogP contribution in [-0.2, 0) is 19.1 Å². The van der Waals surface area contributed by atoms with Crippen molar-refractivity contribution in [3.63, 3.8) is 0 Å². The maximum atomic E-state index is 11.3. The normalized spacial score (nSPS) is 10.5. The Labute approximate surface area is 102 Å². The largest absolute Gasteiger partial charge is 0.466 e. The standard InChI is InChI=1S/C13H20O4/c1-3-5-6-7-11(14)8-9-12(15)10-13(16)17-4-2/h6-7H,3-5,8-10H2,1-2H3/b7-6+. The molecule has 0 bridgehead atoms. The molecule has 0 atom stereocenters. The summed E-state index contributed by atoms with van der Waals surface area (Å²) in [6.45, 7) is 3.98. The lowest BCUT2D eigenvalue weighted by Crippen LogP contribution is -2.11. The second kappa shape index (κ2) is 9.75. The van der Waals surface area contributed by atoms with E-state index < -0.39 is 5.97 Å². The Kier molecular flexibility index (Phi) is 8.92. The number of hydrogen-bond acceptors (Lipinski definition) is 4. The zero-order valence-corrected chi connectivity index (χ0v) is 10.5. The summed E-state index contributed by atoms with van der Waals surface area (Å²) in [6.07, 6.45) is 5.19. The first-order chi connectivity index (χ1) is 8.10. The lowest BCUT2D eigenvalue weighted by atomic mass is 10.1. The van der Waals surface area contributed by atoms with Gasteiger partial charge in [-0.3, -0.25) is 14.4 Å². The first kappa shape index (κ1) is 15.6. The van der Waals surface area contributed by atoms with Crippen molar-refractivity contribution in [1.82, 2.24) is 0 Å². The summed E-state index contributed by atoms with van der Waals surface area (Å²) in [5, 5.41) is 0. The number of unbranched alkanes of at least 4 members (excludes halogenated alkanes) is 1. The highest BCUT2D eigenvalue weighted by Gasteiger charge is 2.11. The van der Waals surface area contributed by atoms with Crippen LogP contribution in [0.2, 0.25) is 0 Å². The van der Waals surface area contributed by atoms with Gasteiger partial charge in [0, 0.05) is 12.8 Å². The topological polar surface area (TPSA) is 60.4 Å². The minimum Gasteiger partial charge on any atom is -0.466 e. The summed E-state index contributed by atoms with van der Waals surface area (Å²) in [5.41, 5.74) is 0. The second-order valence-electron chi connectivity index (χ2n) is 3.68. The Balaban J connectivity index is 3.76. The van der Waals surface area contributed by atoms with Crippen LogP contribution in [0.1, 0.15) is 46.0 Å². The zero-order valence-electron chi connectivity index (χ0n) is 10.5. The number of carbonyl (C=O) groups excluding carboxylic acids is 3. The van der Waals surface area contributed by atoms with Crippen molar-refractivity contribution in [2.24, 2.45) is 0 Å². The molecule has 0 fully saturated rings. The first-order valence-electron chi connectivity index (χ1n) is 5.96. The molecule has 0 unspecified atom stereocenters. The van der Waals surface area contributed by atoms with Crippen LogP contribution in [0.4, 0.5) is 0 Å². The number of rotatable bonds is 9.